The van der Waals surface area contributed by atoms with E-state index in [2.05, 4.69) is 5.32 Å². The summed E-state index contributed by atoms with van der Waals surface area (Å²) in [7, 11) is 0. The standard InChI is InChI=1S/C16H17ClN2O/c1-11-7-15(17)6-5-14(11)10-19-9-12-3-2-4-13(8-12)16(18)20/h2-8,19H,9-10H2,1H3,(H2,18,20). The first kappa shape index (κ1) is 14.6. The number of rotatable bonds is 5. The fraction of sp³-hybridized carbons (Fsp3) is 0.188. The quantitative estimate of drug-likeness (QED) is 0.888. The molecule has 0 spiro atoms. The molecule has 2 rings (SSSR count). The Hall–Kier alpha value is -1.84. The Balaban J connectivity index is 1.96. The second-order valence-electron chi connectivity index (χ2n) is 4.74. The largest absolute Gasteiger partial charge is 0.366 e. The van der Waals surface area contributed by atoms with E-state index in [0.717, 1.165) is 22.7 Å². The molecule has 1 amide bonds. The number of nitrogens with two attached hydrogens (primary N) is 1. The molecule has 0 heterocycles. The van der Waals surface area contributed by atoms with Crippen molar-refractivity contribution in [2.75, 3.05) is 0 Å². The second-order valence-corrected chi connectivity index (χ2v) is 5.18. The maximum Gasteiger partial charge on any atom is 0.248 e. The summed E-state index contributed by atoms with van der Waals surface area (Å²) in [5, 5.41) is 4.10. The highest BCUT2D eigenvalue weighted by molar-refractivity contribution is 6.30. The van der Waals surface area contributed by atoms with Gasteiger partial charge in [0.05, 0.1) is 0 Å². The first-order valence-corrected chi connectivity index (χ1v) is 6.78. The molecule has 0 aromatic heterocycles. The lowest BCUT2D eigenvalue weighted by Gasteiger charge is -2.09. The van der Waals surface area contributed by atoms with Crippen molar-refractivity contribution in [2.45, 2.75) is 20.0 Å². The molecule has 0 unspecified atom stereocenters. The summed E-state index contributed by atoms with van der Waals surface area (Å²) in [6, 6.07) is 13.2. The van der Waals surface area contributed by atoms with Crippen LogP contribution in [-0.4, -0.2) is 5.91 Å². The lowest BCUT2D eigenvalue weighted by molar-refractivity contribution is 0.1000. The summed E-state index contributed by atoms with van der Waals surface area (Å²) >= 11 is 5.93. The Morgan fingerprint density at radius 2 is 2.00 bits per heavy atom. The van der Waals surface area contributed by atoms with Crippen LogP contribution >= 0.6 is 11.6 Å². The number of hydrogen-bond acceptors (Lipinski definition) is 2. The van der Waals surface area contributed by atoms with Crippen molar-refractivity contribution in [2.24, 2.45) is 5.73 Å². The Morgan fingerprint density at radius 1 is 1.20 bits per heavy atom. The average molecular weight is 289 g/mol. The van der Waals surface area contributed by atoms with Crippen LogP contribution in [0.4, 0.5) is 0 Å². The molecule has 2 aromatic rings. The average Bonchev–Trinajstić information content (AvgIpc) is 2.41. The van der Waals surface area contributed by atoms with E-state index < -0.39 is 5.91 Å². The van der Waals surface area contributed by atoms with Crippen LogP contribution < -0.4 is 11.1 Å². The van der Waals surface area contributed by atoms with E-state index in [-0.39, 0.29) is 0 Å². The van der Waals surface area contributed by atoms with Gasteiger partial charge < -0.3 is 11.1 Å². The van der Waals surface area contributed by atoms with Gasteiger partial charge in [-0.05, 0) is 47.9 Å². The maximum atomic E-state index is 11.1. The predicted molar refractivity (Wildman–Crippen MR) is 81.7 cm³/mol. The molecule has 20 heavy (non-hydrogen) atoms. The molecule has 0 aliphatic heterocycles. The van der Waals surface area contributed by atoms with Crippen molar-refractivity contribution in [1.82, 2.24) is 5.32 Å². The van der Waals surface area contributed by atoms with Crippen LogP contribution in [0.1, 0.15) is 27.0 Å². The van der Waals surface area contributed by atoms with E-state index >= 15 is 0 Å². The zero-order valence-corrected chi connectivity index (χ0v) is 12.1. The molecule has 0 saturated carbocycles. The van der Waals surface area contributed by atoms with E-state index in [0.29, 0.717) is 12.1 Å². The van der Waals surface area contributed by atoms with E-state index in [9.17, 15) is 4.79 Å². The molecule has 104 valence electrons. The van der Waals surface area contributed by atoms with Gasteiger partial charge >= 0.3 is 0 Å². The van der Waals surface area contributed by atoms with Crippen LogP contribution in [0.5, 0.6) is 0 Å². The first-order chi connectivity index (χ1) is 9.56. The number of carbonyl (C=O) groups excluding carboxylic acids is 1. The zero-order chi connectivity index (χ0) is 14.5. The minimum Gasteiger partial charge on any atom is -0.366 e. The molecule has 0 bridgehead atoms. The normalized spacial score (nSPS) is 10.5. The number of nitrogens with one attached hydrogen (secondary N) is 1. The molecular formula is C16H17ClN2O. The Morgan fingerprint density at radius 3 is 2.70 bits per heavy atom. The van der Waals surface area contributed by atoms with Gasteiger partial charge in [-0.25, -0.2) is 0 Å². The molecule has 0 aliphatic carbocycles. The molecule has 2 aromatic carbocycles. The number of hydrogen-bond donors (Lipinski definition) is 2. The van der Waals surface area contributed by atoms with Crippen molar-refractivity contribution in [3.63, 3.8) is 0 Å². The van der Waals surface area contributed by atoms with Crippen LogP contribution in [0.3, 0.4) is 0 Å². The van der Waals surface area contributed by atoms with Gasteiger partial charge in [0.15, 0.2) is 0 Å². The van der Waals surface area contributed by atoms with Crippen LogP contribution in [0.15, 0.2) is 42.5 Å². The van der Waals surface area contributed by atoms with Gasteiger partial charge in [-0.15, -0.1) is 0 Å². The zero-order valence-electron chi connectivity index (χ0n) is 11.3. The minimum absolute atomic E-state index is 0.402. The summed E-state index contributed by atoms with van der Waals surface area (Å²) in [4.78, 5) is 11.1. The van der Waals surface area contributed by atoms with Gasteiger partial charge in [0, 0.05) is 23.7 Å². The van der Waals surface area contributed by atoms with Crippen molar-refractivity contribution in [3.05, 3.63) is 69.7 Å². The monoisotopic (exact) mass is 288 g/mol. The van der Waals surface area contributed by atoms with Gasteiger partial charge in [-0.2, -0.15) is 0 Å². The number of carbonyl (C=O) groups is 1. The minimum atomic E-state index is -0.402. The van der Waals surface area contributed by atoms with Crippen LogP contribution in [-0.2, 0) is 13.1 Å². The number of benzene rings is 2. The molecule has 4 heteroatoms. The predicted octanol–water partition coefficient (Wildman–Crippen LogP) is 3.04. The van der Waals surface area contributed by atoms with Gasteiger partial charge in [-0.3, -0.25) is 4.79 Å². The third-order valence-corrected chi connectivity index (χ3v) is 3.40. The molecule has 0 fully saturated rings. The smallest absolute Gasteiger partial charge is 0.248 e. The Labute approximate surface area is 123 Å². The molecule has 0 aliphatic rings. The summed E-state index contributed by atoms with van der Waals surface area (Å²) in [6.07, 6.45) is 0. The topological polar surface area (TPSA) is 55.1 Å². The molecule has 0 atom stereocenters. The molecule has 3 N–H and O–H groups in total. The van der Waals surface area contributed by atoms with Crippen LogP contribution in [0, 0.1) is 6.92 Å². The van der Waals surface area contributed by atoms with Gasteiger partial charge in [0.25, 0.3) is 0 Å². The first-order valence-electron chi connectivity index (χ1n) is 6.41. The van der Waals surface area contributed by atoms with E-state index in [1.54, 1.807) is 6.07 Å². The fourth-order valence-electron chi connectivity index (χ4n) is 2.03. The number of aryl methyl sites for hydroxylation is 1. The molecule has 3 nitrogen and oxygen atoms in total. The van der Waals surface area contributed by atoms with Crippen molar-refractivity contribution >= 4 is 17.5 Å². The van der Waals surface area contributed by atoms with Gasteiger partial charge in [0.1, 0.15) is 0 Å². The lowest BCUT2D eigenvalue weighted by Crippen LogP contribution is -2.15. The van der Waals surface area contributed by atoms with E-state index in [4.69, 9.17) is 17.3 Å². The third-order valence-electron chi connectivity index (χ3n) is 3.16. The highest BCUT2D eigenvalue weighted by Crippen LogP contribution is 2.15. The van der Waals surface area contributed by atoms with Crippen molar-refractivity contribution < 1.29 is 4.79 Å². The number of amides is 1. The molecular weight excluding hydrogens is 272 g/mol. The Kier molecular flexibility index (Phi) is 4.77. The number of primary amides is 1. The second kappa shape index (κ2) is 6.55. The molecule has 0 radical (unpaired) electrons. The molecule has 0 saturated heterocycles. The van der Waals surface area contributed by atoms with Crippen LogP contribution in [0.25, 0.3) is 0 Å². The van der Waals surface area contributed by atoms with Gasteiger partial charge in [-0.1, -0.05) is 29.8 Å². The maximum absolute atomic E-state index is 11.1. The highest BCUT2D eigenvalue weighted by Gasteiger charge is 2.02. The summed E-state index contributed by atoms with van der Waals surface area (Å²) < 4.78 is 0. The fourth-order valence-corrected chi connectivity index (χ4v) is 2.26. The Bertz CT molecular complexity index is 626. The summed E-state index contributed by atoms with van der Waals surface area (Å²) in [5.41, 5.74) is 9.21. The SMILES string of the molecule is Cc1cc(Cl)ccc1CNCc1cccc(C(N)=O)c1. The van der Waals surface area contributed by atoms with Crippen molar-refractivity contribution in [1.29, 1.82) is 0 Å². The number of halogens is 1. The summed E-state index contributed by atoms with van der Waals surface area (Å²) in [6.45, 7) is 3.48. The third kappa shape index (κ3) is 3.83. The van der Waals surface area contributed by atoms with E-state index in [1.807, 2.05) is 43.3 Å². The van der Waals surface area contributed by atoms with Crippen molar-refractivity contribution in [3.8, 4) is 0 Å². The lowest BCUT2D eigenvalue weighted by atomic mass is 10.1. The highest BCUT2D eigenvalue weighted by atomic mass is 35.5. The van der Waals surface area contributed by atoms with E-state index in [1.165, 1.54) is 5.56 Å². The van der Waals surface area contributed by atoms with Gasteiger partial charge in [0.2, 0.25) is 5.91 Å². The summed E-state index contributed by atoms with van der Waals surface area (Å²) in [5.74, 6) is -0.402. The van der Waals surface area contributed by atoms with Crippen LogP contribution in [0.2, 0.25) is 5.02 Å².